The van der Waals surface area contributed by atoms with Gasteiger partial charge in [-0.25, -0.2) is 0 Å². The molecule has 2 rings (SSSR count). The Kier molecular flexibility index (Phi) is 4.36. The molecule has 2 N–H and O–H groups in total. The van der Waals surface area contributed by atoms with Crippen molar-refractivity contribution < 1.29 is 5.11 Å². The number of hydrogen-bond acceptors (Lipinski definition) is 4. The van der Waals surface area contributed by atoms with Gasteiger partial charge in [-0.15, -0.1) is 0 Å². The minimum Gasteiger partial charge on any atom is -0.387 e. The molecule has 0 saturated heterocycles. The molecule has 88 valence electrons. The van der Waals surface area contributed by atoms with E-state index in [0.717, 1.165) is 24.4 Å². The molecular formula is C12H18N2OS. The highest BCUT2D eigenvalue weighted by Crippen LogP contribution is 2.15. The van der Waals surface area contributed by atoms with Gasteiger partial charge in [-0.05, 0) is 35.2 Å². The number of aliphatic hydroxyl groups is 1. The van der Waals surface area contributed by atoms with Crippen molar-refractivity contribution in [3.63, 3.8) is 0 Å². The normalized spacial score (nSPS) is 18.7. The third-order valence-electron chi connectivity index (χ3n) is 2.80. The standard InChI is InChI=1S/C12H18N2OS/c15-11(10-5-7-16-9-10)8-14-12-4-2-1-3-6-13-12/h5,7,9,11,15H,1-4,6,8H2,(H,13,14). The third kappa shape index (κ3) is 3.32. The molecule has 4 heteroatoms. The van der Waals surface area contributed by atoms with Crippen molar-refractivity contribution in [3.05, 3.63) is 22.4 Å². The smallest absolute Gasteiger partial charge is 0.0970 e. The lowest BCUT2D eigenvalue weighted by atomic mass is 10.2. The van der Waals surface area contributed by atoms with Crippen molar-refractivity contribution in [2.24, 2.45) is 4.99 Å². The van der Waals surface area contributed by atoms with Gasteiger partial charge in [-0.2, -0.15) is 11.3 Å². The quantitative estimate of drug-likeness (QED) is 0.849. The van der Waals surface area contributed by atoms with Crippen molar-refractivity contribution >= 4 is 17.2 Å². The Morgan fingerprint density at radius 1 is 1.44 bits per heavy atom. The van der Waals surface area contributed by atoms with Crippen LogP contribution in [0, 0.1) is 0 Å². The van der Waals surface area contributed by atoms with Crippen LogP contribution in [0.15, 0.2) is 21.8 Å². The van der Waals surface area contributed by atoms with Crippen LogP contribution in [0.3, 0.4) is 0 Å². The summed E-state index contributed by atoms with van der Waals surface area (Å²) in [4.78, 5) is 4.47. The molecule has 0 saturated carbocycles. The summed E-state index contributed by atoms with van der Waals surface area (Å²) in [7, 11) is 0. The molecule has 0 amide bonds. The van der Waals surface area contributed by atoms with Crippen LogP contribution < -0.4 is 5.32 Å². The second kappa shape index (κ2) is 6.01. The summed E-state index contributed by atoms with van der Waals surface area (Å²) < 4.78 is 0. The van der Waals surface area contributed by atoms with Gasteiger partial charge in [0.15, 0.2) is 0 Å². The molecule has 3 nitrogen and oxygen atoms in total. The summed E-state index contributed by atoms with van der Waals surface area (Å²) in [5, 5.41) is 17.1. The molecule has 0 aliphatic carbocycles. The first-order chi connectivity index (χ1) is 7.86. The molecule has 0 spiro atoms. The van der Waals surface area contributed by atoms with Gasteiger partial charge >= 0.3 is 0 Å². The number of nitrogens with one attached hydrogen (secondary N) is 1. The largest absolute Gasteiger partial charge is 0.387 e. The van der Waals surface area contributed by atoms with Crippen molar-refractivity contribution in [2.45, 2.75) is 31.8 Å². The predicted octanol–water partition coefficient (Wildman–Crippen LogP) is 2.34. The molecule has 0 fully saturated rings. The highest BCUT2D eigenvalue weighted by Gasteiger charge is 2.09. The summed E-state index contributed by atoms with van der Waals surface area (Å²) in [5.41, 5.74) is 0.992. The topological polar surface area (TPSA) is 44.6 Å². The minimum atomic E-state index is -0.419. The van der Waals surface area contributed by atoms with Crippen LogP contribution in [-0.4, -0.2) is 24.0 Å². The molecule has 2 heterocycles. The number of aliphatic hydroxyl groups excluding tert-OH is 1. The zero-order valence-electron chi connectivity index (χ0n) is 9.35. The zero-order chi connectivity index (χ0) is 11.2. The number of hydrogen-bond donors (Lipinski definition) is 2. The van der Waals surface area contributed by atoms with Crippen molar-refractivity contribution in [2.75, 3.05) is 13.1 Å². The molecule has 1 aromatic heterocycles. The molecule has 0 aromatic carbocycles. The van der Waals surface area contributed by atoms with Gasteiger partial charge < -0.3 is 10.4 Å². The molecule has 1 aromatic rings. The van der Waals surface area contributed by atoms with E-state index in [4.69, 9.17) is 0 Å². The summed E-state index contributed by atoms with van der Waals surface area (Å²) >= 11 is 1.61. The SMILES string of the molecule is OC(CNC1=NCCCCC1)c1ccsc1. The van der Waals surface area contributed by atoms with Crippen LogP contribution in [0.25, 0.3) is 0 Å². The van der Waals surface area contributed by atoms with Gasteiger partial charge in [0, 0.05) is 19.5 Å². The molecular weight excluding hydrogens is 220 g/mol. The average Bonchev–Trinajstić information content (AvgIpc) is 2.71. The number of aliphatic imine (C=N–C) groups is 1. The van der Waals surface area contributed by atoms with E-state index in [9.17, 15) is 5.11 Å². The number of thiophene rings is 1. The molecule has 0 radical (unpaired) electrons. The van der Waals surface area contributed by atoms with E-state index >= 15 is 0 Å². The second-order valence-electron chi connectivity index (χ2n) is 4.09. The Morgan fingerprint density at radius 3 is 3.19 bits per heavy atom. The van der Waals surface area contributed by atoms with Gasteiger partial charge in [-0.3, -0.25) is 4.99 Å². The Hall–Kier alpha value is -0.870. The summed E-state index contributed by atoms with van der Waals surface area (Å²) in [6.07, 6.45) is 4.27. The van der Waals surface area contributed by atoms with Crippen LogP contribution in [0.1, 0.15) is 37.4 Å². The number of amidine groups is 1. The Morgan fingerprint density at radius 2 is 2.38 bits per heavy atom. The van der Waals surface area contributed by atoms with E-state index in [0.29, 0.717) is 6.54 Å². The van der Waals surface area contributed by atoms with E-state index in [-0.39, 0.29) is 0 Å². The fraction of sp³-hybridized carbons (Fsp3) is 0.583. The molecule has 1 aliphatic heterocycles. The van der Waals surface area contributed by atoms with Crippen molar-refractivity contribution in [1.29, 1.82) is 0 Å². The lowest BCUT2D eigenvalue weighted by Crippen LogP contribution is -2.28. The minimum absolute atomic E-state index is 0.419. The maximum absolute atomic E-state index is 9.90. The highest BCUT2D eigenvalue weighted by molar-refractivity contribution is 7.07. The van der Waals surface area contributed by atoms with E-state index in [1.165, 1.54) is 19.3 Å². The van der Waals surface area contributed by atoms with Gasteiger partial charge in [-0.1, -0.05) is 6.42 Å². The lowest BCUT2D eigenvalue weighted by Gasteiger charge is -2.12. The fourth-order valence-corrected chi connectivity index (χ4v) is 2.52. The van der Waals surface area contributed by atoms with E-state index in [1.54, 1.807) is 11.3 Å². The van der Waals surface area contributed by atoms with E-state index in [1.807, 2.05) is 16.8 Å². The fourth-order valence-electron chi connectivity index (χ4n) is 1.82. The third-order valence-corrected chi connectivity index (χ3v) is 3.50. The average molecular weight is 238 g/mol. The van der Waals surface area contributed by atoms with Gasteiger partial charge in [0.2, 0.25) is 0 Å². The Balaban J connectivity index is 1.80. The van der Waals surface area contributed by atoms with Crippen LogP contribution in [0.5, 0.6) is 0 Å². The Bertz CT molecular complexity index is 335. The second-order valence-corrected chi connectivity index (χ2v) is 4.87. The molecule has 0 bridgehead atoms. The van der Waals surface area contributed by atoms with E-state index in [2.05, 4.69) is 10.3 Å². The first kappa shape index (κ1) is 11.6. The van der Waals surface area contributed by atoms with Crippen molar-refractivity contribution in [3.8, 4) is 0 Å². The first-order valence-corrected chi connectivity index (χ1v) is 6.78. The maximum atomic E-state index is 9.90. The van der Waals surface area contributed by atoms with E-state index < -0.39 is 6.10 Å². The number of nitrogens with zero attached hydrogens (tertiary/aromatic N) is 1. The summed E-state index contributed by atoms with van der Waals surface area (Å²) in [5.74, 6) is 1.06. The monoisotopic (exact) mass is 238 g/mol. The summed E-state index contributed by atoms with van der Waals surface area (Å²) in [6, 6.07) is 1.96. The molecule has 1 atom stereocenters. The van der Waals surface area contributed by atoms with Crippen LogP contribution in [0.2, 0.25) is 0 Å². The molecule has 1 unspecified atom stereocenters. The zero-order valence-corrected chi connectivity index (χ0v) is 10.2. The van der Waals surface area contributed by atoms with Gasteiger partial charge in [0.1, 0.15) is 0 Å². The van der Waals surface area contributed by atoms with Crippen LogP contribution in [0.4, 0.5) is 0 Å². The first-order valence-electron chi connectivity index (χ1n) is 5.83. The molecule has 16 heavy (non-hydrogen) atoms. The molecule has 1 aliphatic rings. The maximum Gasteiger partial charge on any atom is 0.0970 e. The summed E-state index contributed by atoms with van der Waals surface area (Å²) in [6.45, 7) is 1.49. The predicted molar refractivity (Wildman–Crippen MR) is 68.1 cm³/mol. The van der Waals surface area contributed by atoms with Crippen LogP contribution in [-0.2, 0) is 0 Å². The van der Waals surface area contributed by atoms with Gasteiger partial charge in [0.25, 0.3) is 0 Å². The lowest BCUT2D eigenvalue weighted by molar-refractivity contribution is 0.181. The number of rotatable bonds is 3. The van der Waals surface area contributed by atoms with Crippen molar-refractivity contribution in [1.82, 2.24) is 5.32 Å². The van der Waals surface area contributed by atoms with Gasteiger partial charge in [0.05, 0.1) is 11.9 Å². The van der Waals surface area contributed by atoms with Crippen LogP contribution >= 0.6 is 11.3 Å². The Labute approximate surface area is 100 Å². The highest BCUT2D eigenvalue weighted by atomic mass is 32.1.